The number of methoxy groups -OCH3 is 1. The van der Waals surface area contributed by atoms with Gasteiger partial charge in [0.1, 0.15) is 5.82 Å². The number of rotatable bonds is 12. The van der Waals surface area contributed by atoms with Crippen LogP contribution < -0.4 is 15.0 Å². The first-order valence-corrected chi connectivity index (χ1v) is 17.5. The van der Waals surface area contributed by atoms with Crippen molar-refractivity contribution in [3.8, 4) is 22.8 Å². The molecule has 1 N–H and O–H groups in total. The Bertz CT molecular complexity index is 1880. The number of aromatic nitrogens is 4. The maximum absolute atomic E-state index is 14.4. The Kier molecular flexibility index (Phi) is 9.30. The van der Waals surface area contributed by atoms with E-state index in [-0.39, 0.29) is 28.2 Å². The predicted octanol–water partition coefficient (Wildman–Crippen LogP) is 5.50. The van der Waals surface area contributed by atoms with Crippen LogP contribution >= 0.6 is 0 Å². The van der Waals surface area contributed by atoms with Crippen molar-refractivity contribution >= 4 is 15.9 Å². The highest BCUT2D eigenvalue weighted by Crippen LogP contribution is 2.34. The second kappa shape index (κ2) is 13.5. The highest BCUT2D eigenvalue weighted by Gasteiger charge is 2.33. The quantitative estimate of drug-likeness (QED) is 0.214. The third-order valence-electron chi connectivity index (χ3n) is 8.83. The average molecular weight is 642 g/mol. The van der Waals surface area contributed by atoms with Crippen LogP contribution in [0.1, 0.15) is 86.9 Å². The van der Waals surface area contributed by atoms with E-state index in [0.717, 1.165) is 55.6 Å². The summed E-state index contributed by atoms with van der Waals surface area (Å²) >= 11 is 0. The van der Waals surface area contributed by atoms with Crippen LogP contribution in [0.2, 0.25) is 0 Å². The predicted molar refractivity (Wildman–Crippen MR) is 175 cm³/mol. The number of nitrogens with zero attached hydrogens (tertiary/aromatic N) is 4. The zero-order valence-electron chi connectivity index (χ0n) is 26.2. The van der Waals surface area contributed by atoms with Crippen LogP contribution in [-0.2, 0) is 27.7 Å². The van der Waals surface area contributed by atoms with Gasteiger partial charge in [0, 0.05) is 29.4 Å². The van der Waals surface area contributed by atoms with Crippen molar-refractivity contribution < 1.29 is 17.9 Å². The van der Waals surface area contributed by atoms with E-state index >= 15 is 0 Å². The minimum atomic E-state index is -4.04. The second-order valence-electron chi connectivity index (χ2n) is 12.2. The molecule has 1 amide bonds. The first-order valence-electron chi connectivity index (χ1n) is 16.0. The molecule has 11 heteroatoms. The molecule has 0 unspecified atom stereocenters. The Labute approximate surface area is 269 Å². The van der Waals surface area contributed by atoms with Crippen molar-refractivity contribution in [1.82, 2.24) is 24.2 Å². The lowest BCUT2D eigenvalue weighted by Gasteiger charge is -2.20. The topological polar surface area (TPSA) is 133 Å². The maximum atomic E-state index is 14.4. The van der Waals surface area contributed by atoms with Gasteiger partial charge in [0.2, 0.25) is 11.9 Å². The summed E-state index contributed by atoms with van der Waals surface area (Å²) in [6, 6.07) is 14.2. The number of benzene rings is 2. The molecule has 6 rings (SSSR count). The highest BCUT2D eigenvalue weighted by molar-refractivity contribution is 7.90. The van der Waals surface area contributed by atoms with E-state index in [4.69, 9.17) is 9.72 Å². The third kappa shape index (κ3) is 6.74. The van der Waals surface area contributed by atoms with E-state index in [0.29, 0.717) is 48.1 Å². The molecule has 0 spiro atoms. The highest BCUT2D eigenvalue weighted by atomic mass is 32.2. The molecule has 2 aromatic heterocycles. The molecule has 2 fully saturated rings. The van der Waals surface area contributed by atoms with Gasteiger partial charge in [-0.2, -0.15) is 0 Å². The Morgan fingerprint density at radius 2 is 1.70 bits per heavy atom. The molecule has 2 aliphatic rings. The monoisotopic (exact) mass is 641 g/mol. The Morgan fingerprint density at radius 1 is 1.00 bits per heavy atom. The number of ether oxygens (including phenoxy) is 1. The molecule has 0 saturated heterocycles. The molecule has 0 aliphatic heterocycles. The molecule has 2 aromatic carbocycles. The van der Waals surface area contributed by atoms with Crippen LogP contribution in [0.15, 0.2) is 70.6 Å². The number of unbranched alkanes of at least 4 members (excludes halogenated alkanes) is 1. The first kappa shape index (κ1) is 31.6. The molecule has 0 atom stereocenters. The summed E-state index contributed by atoms with van der Waals surface area (Å²) < 4.78 is 35.4. The van der Waals surface area contributed by atoms with E-state index in [2.05, 4.69) is 21.6 Å². The summed E-state index contributed by atoms with van der Waals surface area (Å²) in [5.74, 6) is 0.993. The van der Waals surface area contributed by atoms with Gasteiger partial charge in [-0.1, -0.05) is 68.7 Å². The minimum Gasteiger partial charge on any atom is -0.494 e. The fourth-order valence-electron chi connectivity index (χ4n) is 6.09. The third-order valence-corrected chi connectivity index (χ3v) is 10.2. The van der Waals surface area contributed by atoms with E-state index in [1.54, 1.807) is 42.3 Å². The van der Waals surface area contributed by atoms with E-state index in [1.807, 2.05) is 24.3 Å². The first-order chi connectivity index (χ1) is 22.3. The molecule has 2 aliphatic carbocycles. The molecule has 2 heterocycles. The second-order valence-corrected chi connectivity index (χ2v) is 13.8. The van der Waals surface area contributed by atoms with Gasteiger partial charge in [0.15, 0.2) is 5.75 Å². The van der Waals surface area contributed by atoms with Crippen LogP contribution in [0.25, 0.3) is 17.1 Å². The lowest BCUT2D eigenvalue weighted by molar-refractivity contribution is -0.120. The Morgan fingerprint density at radius 3 is 2.35 bits per heavy atom. The fourth-order valence-corrected chi connectivity index (χ4v) is 7.36. The number of hydrogen-bond donors (Lipinski definition) is 1. The standard InChI is InChI=1S/C35H39N5O5S/c1-3-4-12-30-29(34(42)40(32(38-30)25-9-5-6-10-25)35-36-21-27(45-2)22-37-35)20-23-14-16-24(17-15-23)28-11-7-8-13-31(28)46(43,44)39-33(41)26-18-19-26/h7-8,11,13-17,21-22,25-26H,3-6,9-10,12,18-20H2,1-2H3,(H,39,41). The number of carbonyl (C=O) groups excluding carboxylic acids is 1. The summed E-state index contributed by atoms with van der Waals surface area (Å²) in [7, 11) is -2.49. The van der Waals surface area contributed by atoms with Gasteiger partial charge >= 0.3 is 0 Å². The van der Waals surface area contributed by atoms with Crippen molar-refractivity contribution in [3.63, 3.8) is 0 Å². The van der Waals surface area contributed by atoms with Crippen molar-refractivity contribution in [2.24, 2.45) is 5.92 Å². The van der Waals surface area contributed by atoms with Gasteiger partial charge < -0.3 is 4.74 Å². The number of amides is 1. The average Bonchev–Trinajstić information content (AvgIpc) is 3.79. The molecule has 240 valence electrons. The number of hydrogen-bond acceptors (Lipinski definition) is 8. The number of aryl methyl sites for hydroxylation is 1. The van der Waals surface area contributed by atoms with Gasteiger partial charge in [0.25, 0.3) is 15.6 Å². The number of carbonyl (C=O) groups is 1. The number of sulfonamides is 1. The fraction of sp³-hybridized carbons (Fsp3) is 0.400. The summed E-state index contributed by atoms with van der Waals surface area (Å²) in [6.07, 6.45) is 11.6. The smallest absolute Gasteiger partial charge is 0.264 e. The Balaban J connectivity index is 1.36. The van der Waals surface area contributed by atoms with Gasteiger partial charge in [-0.05, 0) is 55.7 Å². The van der Waals surface area contributed by atoms with E-state index in [1.165, 1.54) is 6.07 Å². The zero-order chi connectivity index (χ0) is 32.3. The lowest BCUT2D eigenvalue weighted by Crippen LogP contribution is -2.32. The summed E-state index contributed by atoms with van der Waals surface area (Å²) in [5.41, 5.74) is 3.32. The van der Waals surface area contributed by atoms with Crippen molar-refractivity contribution in [2.75, 3.05) is 7.11 Å². The van der Waals surface area contributed by atoms with E-state index in [9.17, 15) is 18.0 Å². The van der Waals surface area contributed by atoms with Crippen molar-refractivity contribution in [3.05, 3.63) is 93.9 Å². The molecular formula is C35H39N5O5S. The normalized spacial score (nSPS) is 15.2. The van der Waals surface area contributed by atoms with E-state index < -0.39 is 15.9 Å². The van der Waals surface area contributed by atoms with Crippen LogP contribution in [-0.4, -0.2) is 41.0 Å². The van der Waals surface area contributed by atoms with Crippen LogP contribution in [0, 0.1) is 5.92 Å². The minimum absolute atomic E-state index is 0.0488. The molecule has 0 radical (unpaired) electrons. The summed E-state index contributed by atoms with van der Waals surface area (Å²) in [5, 5.41) is 0. The van der Waals surface area contributed by atoms with Crippen LogP contribution in [0.5, 0.6) is 5.75 Å². The van der Waals surface area contributed by atoms with Gasteiger partial charge in [-0.25, -0.2) is 32.7 Å². The van der Waals surface area contributed by atoms with Gasteiger partial charge in [-0.15, -0.1) is 0 Å². The summed E-state index contributed by atoms with van der Waals surface area (Å²) in [4.78, 5) is 40.8. The molecule has 4 aromatic rings. The summed E-state index contributed by atoms with van der Waals surface area (Å²) in [6.45, 7) is 2.12. The Hall–Kier alpha value is -4.38. The van der Waals surface area contributed by atoms with Crippen molar-refractivity contribution in [1.29, 1.82) is 0 Å². The largest absolute Gasteiger partial charge is 0.494 e. The molecule has 2 saturated carbocycles. The zero-order valence-corrected chi connectivity index (χ0v) is 27.1. The SMILES string of the molecule is CCCCc1nc(C2CCCC2)n(-c2ncc(OC)cn2)c(=O)c1Cc1ccc(-c2ccccc2S(=O)(=O)NC(=O)C2CC2)cc1. The molecular weight excluding hydrogens is 602 g/mol. The number of nitrogens with one attached hydrogen (secondary N) is 1. The van der Waals surface area contributed by atoms with Gasteiger partial charge in [-0.3, -0.25) is 9.59 Å². The lowest BCUT2D eigenvalue weighted by atomic mass is 9.98. The molecule has 0 bridgehead atoms. The molecule has 46 heavy (non-hydrogen) atoms. The molecule has 10 nitrogen and oxygen atoms in total. The van der Waals surface area contributed by atoms with Gasteiger partial charge in [0.05, 0.1) is 30.1 Å². The maximum Gasteiger partial charge on any atom is 0.264 e. The van der Waals surface area contributed by atoms with Crippen LogP contribution in [0.4, 0.5) is 0 Å². The van der Waals surface area contributed by atoms with Crippen molar-refractivity contribution in [2.45, 2.75) is 81.9 Å². The van der Waals surface area contributed by atoms with Crippen LogP contribution in [0.3, 0.4) is 0 Å².